The van der Waals surface area contributed by atoms with Crippen LogP contribution in [0.5, 0.6) is 0 Å². The fourth-order valence-electron chi connectivity index (χ4n) is 2.62. The van der Waals surface area contributed by atoms with Gasteiger partial charge in [0.2, 0.25) is 0 Å². The standard InChI is InChI=1S/C18H14N4/c1-22-12-16(10-21-22)13-4-6-14(7-5-13)17-11-19-9-15-3-2-8-20-18(15)17/h2-12H,1H3. The quantitative estimate of drug-likeness (QED) is 0.564. The third-order valence-corrected chi connectivity index (χ3v) is 3.75. The number of hydrogen-bond acceptors (Lipinski definition) is 3. The van der Waals surface area contributed by atoms with Gasteiger partial charge in [0.1, 0.15) is 0 Å². The third-order valence-electron chi connectivity index (χ3n) is 3.75. The fourth-order valence-corrected chi connectivity index (χ4v) is 2.62. The normalized spacial score (nSPS) is 11.0. The molecule has 0 aliphatic heterocycles. The molecule has 0 aliphatic rings. The number of aromatic nitrogens is 4. The Hall–Kier alpha value is -3.01. The molecule has 1 aromatic carbocycles. The van der Waals surface area contributed by atoms with Gasteiger partial charge in [-0.3, -0.25) is 14.6 Å². The summed E-state index contributed by atoms with van der Waals surface area (Å²) in [5, 5.41) is 5.26. The van der Waals surface area contributed by atoms with Crippen molar-refractivity contribution >= 4 is 10.9 Å². The van der Waals surface area contributed by atoms with E-state index in [1.54, 1.807) is 0 Å². The van der Waals surface area contributed by atoms with Crippen molar-refractivity contribution < 1.29 is 0 Å². The van der Waals surface area contributed by atoms with Gasteiger partial charge in [-0.05, 0) is 23.3 Å². The smallest absolute Gasteiger partial charge is 0.0811 e. The Labute approximate surface area is 128 Å². The van der Waals surface area contributed by atoms with Crippen molar-refractivity contribution in [2.24, 2.45) is 7.05 Å². The van der Waals surface area contributed by atoms with Gasteiger partial charge in [-0.25, -0.2) is 0 Å². The molecule has 4 rings (SSSR count). The van der Waals surface area contributed by atoms with Crippen molar-refractivity contribution in [1.82, 2.24) is 19.7 Å². The monoisotopic (exact) mass is 286 g/mol. The van der Waals surface area contributed by atoms with E-state index in [2.05, 4.69) is 39.3 Å². The number of fused-ring (bicyclic) bond motifs is 1. The predicted molar refractivity (Wildman–Crippen MR) is 87.2 cm³/mol. The van der Waals surface area contributed by atoms with E-state index < -0.39 is 0 Å². The highest BCUT2D eigenvalue weighted by molar-refractivity contribution is 5.92. The lowest BCUT2D eigenvalue weighted by molar-refractivity contribution is 0.768. The molecule has 22 heavy (non-hydrogen) atoms. The lowest BCUT2D eigenvalue weighted by atomic mass is 10.0. The Morgan fingerprint density at radius 2 is 1.68 bits per heavy atom. The summed E-state index contributed by atoms with van der Waals surface area (Å²) >= 11 is 0. The van der Waals surface area contributed by atoms with Crippen LogP contribution in [0.3, 0.4) is 0 Å². The van der Waals surface area contributed by atoms with E-state index in [1.807, 2.05) is 54.8 Å². The van der Waals surface area contributed by atoms with Crippen LogP contribution in [0.25, 0.3) is 33.2 Å². The van der Waals surface area contributed by atoms with Gasteiger partial charge in [0.25, 0.3) is 0 Å². The number of hydrogen-bond donors (Lipinski definition) is 0. The maximum atomic E-state index is 4.49. The minimum absolute atomic E-state index is 0.978. The van der Waals surface area contributed by atoms with Crippen LogP contribution in [0.1, 0.15) is 0 Å². The first-order valence-electron chi connectivity index (χ1n) is 7.09. The van der Waals surface area contributed by atoms with Gasteiger partial charge in [-0.1, -0.05) is 24.3 Å². The first-order valence-corrected chi connectivity index (χ1v) is 7.09. The summed E-state index contributed by atoms with van der Waals surface area (Å²) in [4.78, 5) is 8.81. The summed E-state index contributed by atoms with van der Waals surface area (Å²) in [6, 6.07) is 12.4. The molecule has 0 spiro atoms. The van der Waals surface area contributed by atoms with Crippen LogP contribution >= 0.6 is 0 Å². The van der Waals surface area contributed by atoms with Gasteiger partial charge < -0.3 is 0 Å². The zero-order chi connectivity index (χ0) is 14.9. The first-order chi connectivity index (χ1) is 10.8. The molecule has 4 heteroatoms. The van der Waals surface area contributed by atoms with Crippen molar-refractivity contribution in [2.75, 3.05) is 0 Å². The molecule has 3 heterocycles. The molecule has 0 fully saturated rings. The topological polar surface area (TPSA) is 43.6 Å². The van der Waals surface area contributed by atoms with Gasteiger partial charge in [-0.15, -0.1) is 0 Å². The largest absolute Gasteiger partial charge is 0.275 e. The van der Waals surface area contributed by atoms with Crippen molar-refractivity contribution in [2.45, 2.75) is 0 Å². The van der Waals surface area contributed by atoms with E-state index in [0.717, 1.165) is 33.2 Å². The van der Waals surface area contributed by atoms with Gasteiger partial charge in [0, 0.05) is 48.3 Å². The first kappa shape index (κ1) is 12.7. The predicted octanol–water partition coefficient (Wildman–Crippen LogP) is 3.70. The number of rotatable bonds is 2. The number of pyridine rings is 2. The Kier molecular flexibility index (Phi) is 2.93. The second-order valence-electron chi connectivity index (χ2n) is 5.24. The van der Waals surface area contributed by atoms with Crippen LogP contribution in [-0.2, 0) is 7.05 Å². The van der Waals surface area contributed by atoms with E-state index in [9.17, 15) is 0 Å². The highest BCUT2D eigenvalue weighted by Gasteiger charge is 2.06. The summed E-state index contributed by atoms with van der Waals surface area (Å²) in [7, 11) is 1.92. The number of aryl methyl sites for hydroxylation is 1. The van der Waals surface area contributed by atoms with Crippen LogP contribution in [-0.4, -0.2) is 19.7 Å². The molecule has 0 amide bonds. The molecule has 0 aliphatic carbocycles. The highest BCUT2D eigenvalue weighted by atomic mass is 15.2. The lowest BCUT2D eigenvalue weighted by Crippen LogP contribution is -1.87. The Balaban J connectivity index is 1.79. The van der Waals surface area contributed by atoms with Gasteiger partial charge >= 0.3 is 0 Å². The summed E-state index contributed by atoms with van der Waals surface area (Å²) in [5.41, 5.74) is 5.41. The molecule has 0 radical (unpaired) electrons. The molecule has 0 saturated heterocycles. The molecule has 3 aromatic heterocycles. The molecular formula is C18H14N4. The zero-order valence-corrected chi connectivity index (χ0v) is 12.1. The SMILES string of the molecule is Cn1cc(-c2ccc(-c3cncc4cccnc34)cc2)cn1. The molecule has 0 saturated carbocycles. The van der Waals surface area contributed by atoms with Crippen molar-refractivity contribution in [3.8, 4) is 22.3 Å². The van der Waals surface area contributed by atoms with E-state index in [1.165, 1.54) is 0 Å². The third kappa shape index (κ3) is 2.15. The number of benzene rings is 1. The van der Waals surface area contributed by atoms with Crippen LogP contribution in [0.4, 0.5) is 0 Å². The van der Waals surface area contributed by atoms with Gasteiger partial charge in [0.15, 0.2) is 0 Å². The minimum atomic E-state index is 0.978. The zero-order valence-electron chi connectivity index (χ0n) is 12.1. The summed E-state index contributed by atoms with van der Waals surface area (Å²) in [6.07, 6.45) is 9.41. The highest BCUT2D eigenvalue weighted by Crippen LogP contribution is 2.28. The molecular weight excluding hydrogens is 272 g/mol. The molecule has 0 atom stereocenters. The molecule has 0 bridgehead atoms. The number of nitrogens with zero attached hydrogens (tertiary/aromatic N) is 4. The van der Waals surface area contributed by atoms with Crippen molar-refractivity contribution in [1.29, 1.82) is 0 Å². The van der Waals surface area contributed by atoms with Gasteiger partial charge in [-0.2, -0.15) is 5.10 Å². The lowest BCUT2D eigenvalue weighted by Gasteiger charge is -2.06. The maximum absolute atomic E-state index is 4.49. The Morgan fingerprint density at radius 1 is 0.864 bits per heavy atom. The Bertz CT molecular complexity index is 933. The Morgan fingerprint density at radius 3 is 2.45 bits per heavy atom. The van der Waals surface area contributed by atoms with E-state index >= 15 is 0 Å². The average molecular weight is 286 g/mol. The van der Waals surface area contributed by atoms with Crippen molar-refractivity contribution in [3.05, 3.63) is 67.4 Å². The van der Waals surface area contributed by atoms with Gasteiger partial charge in [0.05, 0.1) is 11.7 Å². The summed E-state index contributed by atoms with van der Waals surface area (Å²) < 4.78 is 1.81. The second kappa shape index (κ2) is 5.07. The average Bonchev–Trinajstić information content (AvgIpc) is 3.01. The van der Waals surface area contributed by atoms with Crippen LogP contribution in [0.15, 0.2) is 67.4 Å². The van der Waals surface area contributed by atoms with Crippen molar-refractivity contribution in [3.63, 3.8) is 0 Å². The molecule has 106 valence electrons. The van der Waals surface area contributed by atoms with E-state index in [0.29, 0.717) is 0 Å². The molecule has 0 N–H and O–H groups in total. The molecule has 0 unspecified atom stereocenters. The maximum Gasteiger partial charge on any atom is 0.0811 e. The summed E-state index contributed by atoms with van der Waals surface area (Å²) in [6.45, 7) is 0. The van der Waals surface area contributed by atoms with Crippen LogP contribution in [0.2, 0.25) is 0 Å². The molecule has 4 nitrogen and oxygen atoms in total. The van der Waals surface area contributed by atoms with Crippen LogP contribution < -0.4 is 0 Å². The fraction of sp³-hybridized carbons (Fsp3) is 0.0556. The summed E-state index contributed by atoms with van der Waals surface area (Å²) in [5.74, 6) is 0. The van der Waals surface area contributed by atoms with Crippen LogP contribution in [0, 0.1) is 0 Å². The van der Waals surface area contributed by atoms with E-state index in [-0.39, 0.29) is 0 Å². The minimum Gasteiger partial charge on any atom is -0.275 e. The van der Waals surface area contributed by atoms with E-state index in [4.69, 9.17) is 0 Å². The second-order valence-corrected chi connectivity index (χ2v) is 5.24. The molecule has 4 aromatic rings.